The summed E-state index contributed by atoms with van der Waals surface area (Å²) in [7, 11) is 1.61. The van der Waals surface area contributed by atoms with Gasteiger partial charge >= 0.3 is 0 Å². The Bertz CT molecular complexity index is 276. The predicted octanol–water partition coefficient (Wildman–Crippen LogP) is 1.34. The van der Waals surface area contributed by atoms with Crippen molar-refractivity contribution in [2.24, 2.45) is 0 Å². The Labute approximate surface area is 84.7 Å². The minimum atomic E-state index is -0.508. The second-order valence-electron chi connectivity index (χ2n) is 3.07. The number of hydrogen-bond donors (Lipinski definition) is 2. The van der Waals surface area contributed by atoms with Gasteiger partial charge in [-0.1, -0.05) is 25.1 Å². The van der Waals surface area contributed by atoms with Gasteiger partial charge in [-0.25, -0.2) is 0 Å². The Morgan fingerprint density at radius 3 is 2.79 bits per heavy atom. The van der Waals surface area contributed by atoms with Gasteiger partial charge in [-0.2, -0.15) is 0 Å². The number of benzene rings is 1. The van der Waals surface area contributed by atoms with Gasteiger partial charge in [0.1, 0.15) is 5.75 Å². The molecule has 0 aliphatic heterocycles. The average molecular weight is 195 g/mol. The monoisotopic (exact) mass is 195 g/mol. The Balaban J connectivity index is 2.72. The number of rotatable bonds is 5. The van der Waals surface area contributed by atoms with Crippen LogP contribution in [-0.2, 0) is 0 Å². The lowest BCUT2D eigenvalue weighted by Gasteiger charge is -2.14. The first kappa shape index (κ1) is 11.0. The Morgan fingerprint density at radius 2 is 2.14 bits per heavy atom. The molecule has 0 saturated carbocycles. The maximum atomic E-state index is 9.82. The van der Waals surface area contributed by atoms with E-state index >= 15 is 0 Å². The highest BCUT2D eigenvalue weighted by atomic mass is 16.5. The van der Waals surface area contributed by atoms with Crippen LogP contribution in [0.25, 0.3) is 0 Å². The molecule has 0 radical (unpaired) electrons. The molecule has 1 aromatic carbocycles. The fourth-order valence-electron chi connectivity index (χ4n) is 1.33. The number of ether oxygens (including phenoxy) is 1. The molecule has 0 fully saturated rings. The minimum Gasteiger partial charge on any atom is -0.496 e. The third kappa shape index (κ3) is 2.72. The molecule has 3 heteroatoms. The molecule has 0 aromatic heterocycles. The van der Waals surface area contributed by atoms with Crippen molar-refractivity contribution in [3.63, 3.8) is 0 Å². The van der Waals surface area contributed by atoms with Crippen LogP contribution in [0.2, 0.25) is 0 Å². The highest BCUT2D eigenvalue weighted by molar-refractivity contribution is 5.35. The first-order valence-electron chi connectivity index (χ1n) is 4.81. The molecule has 0 aliphatic carbocycles. The summed E-state index contributed by atoms with van der Waals surface area (Å²) in [6, 6.07) is 7.51. The van der Waals surface area contributed by atoms with Gasteiger partial charge in [0.25, 0.3) is 0 Å². The third-order valence-corrected chi connectivity index (χ3v) is 2.09. The molecule has 0 amide bonds. The number of methoxy groups -OCH3 is 1. The lowest BCUT2D eigenvalue weighted by molar-refractivity contribution is 0.171. The fraction of sp³-hybridized carbons (Fsp3) is 0.455. The molecule has 0 aliphatic rings. The Kier molecular flexibility index (Phi) is 4.43. The van der Waals surface area contributed by atoms with Gasteiger partial charge in [-0.3, -0.25) is 0 Å². The van der Waals surface area contributed by atoms with Crippen molar-refractivity contribution < 1.29 is 9.84 Å². The molecular weight excluding hydrogens is 178 g/mol. The van der Waals surface area contributed by atoms with E-state index in [2.05, 4.69) is 5.32 Å². The van der Waals surface area contributed by atoms with Gasteiger partial charge in [0, 0.05) is 12.1 Å². The first-order valence-corrected chi connectivity index (χ1v) is 4.81. The van der Waals surface area contributed by atoms with Gasteiger partial charge in [-0.05, 0) is 12.6 Å². The Hall–Kier alpha value is -1.06. The van der Waals surface area contributed by atoms with Crippen LogP contribution in [0, 0.1) is 0 Å². The first-order chi connectivity index (χ1) is 6.79. The second kappa shape index (κ2) is 5.62. The molecule has 1 unspecified atom stereocenters. The number of aliphatic hydroxyl groups excluding tert-OH is 1. The SMILES string of the molecule is CCNCC(O)c1ccccc1OC. The number of para-hydroxylation sites is 1. The number of nitrogens with one attached hydrogen (secondary N) is 1. The molecule has 0 bridgehead atoms. The number of aliphatic hydroxyl groups is 1. The Morgan fingerprint density at radius 1 is 1.43 bits per heavy atom. The van der Waals surface area contributed by atoms with Crippen LogP contribution in [0.4, 0.5) is 0 Å². The molecule has 3 nitrogen and oxygen atoms in total. The van der Waals surface area contributed by atoms with Crippen LogP contribution >= 0.6 is 0 Å². The zero-order valence-electron chi connectivity index (χ0n) is 8.66. The summed E-state index contributed by atoms with van der Waals surface area (Å²) in [6.07, 6.45) is -0.508. The van der Waals surface area contributed by atoms with Crippen LogP contribution < -0.4 is 10.1 Å². The molecular formula is C11H17NO2. The molecule has 14 heavy (non-hydrogen) atoms. The number of likely N-dealkylation sites (N-methyl/N-ethyl adjacent to an activating group) is 1. The molecule has 0 heterocycles. The fourth-order valence-corrected chi connectivity index (χ4v) is 1.33. The molecule has 1 atom stereocenters. The van der Waals surface area contributed by atoms with Crippen molar-refractivity contribution in [2.45, 2.75) is 13.0 Å². The van der Waals surface area contributed by atoms with E-state index in [1.54, 1.807) is 7.11 Å². The van der Waals surface area contributed by atoms with E-state index in [9.17, 15) is 5.11 Å². The highest BCUT2D eigenvalue weighted by Crippen LogP contribution is 2.23. The van der Waals surface area contributed by atoms with Crippen LogP contribution in [0.15, 0.2) is 24.3 Å². The quantitative estimate of drug-likeness (QED) is 0.745. The summed E-state index contributed by atoms with van der Waals surface area (Å²) in [5.74, 6) is 0.734. The standard InChI is InChI=1S/C11H17NO2/c1-3-12-8-10(13)9-6-4-5-7-11(9)14-2/h4-7,10,12-13H,3,8H2,1-2H3. The van der Waals surface area contributed by atoms with E-state index in [0.29, 0.717) is 6.54 Å². The van der Waals surface area contributed by atoms with E-state index in [1.165, 1.54) is 0 Å². The van der Waals surface area contributed by atoms with Gasteiger partial charge in [-0.15, -0.1) is 0 Å². The molecule has 1 rings (SSSR count). The van der Waals surface area contributed by atoms with Crippen LogP contribution in [-0.4, -0.2) is 25.3 Å². The average Bonchev–Trinajstić information content (AvgIpc) is 2.25. The molecule has 0 spiro atoms. The molecule has 1 aromatic rings. The molecule has 78 valence electrons. The normalized spacial score (nSPS) is 12.5. The lowest BCUT2D eigenvalue weighted by atomic mass is 10.1. The van der Waals surface area contributed by atoms with E-state index in [0.717, 1.165) is 17.9 Å². The largest absolute Gasteiger partial charge is 0.496 e. The van der Waals surface area contributed by atoms with Gasteiger partial charge < -0.3 is 15.2 Å². The minimum absolute atomic E-state index is 0.508. The van der Waals surface area contributed by atoms with Crippen molar-refractivity contribution in [3.8, 4) is 5.75 Å². The van der Waals surface area contributed by atoms with Crippen LogP contribution in [0.1, 0.15) is 18.6 Å². The van der Waals surface area contributed by atoms with E-state index in [4.69, 9.17) is 4.74 Å². The lowest BCUT2D eigenvalue weighted by Crippen LogP contribution is -2.21. The van der Waals surface area contributed by atoms with Crippen molar-refractivity contribution in [1.29, 1.82) is 0 Å². The summed E-state index contributed by atoms with van der Waals surface area (Å²) < 4.78 is 5.16. The zero-order chi connectivity index (χ0) is 10.4. The molecule has 0 saturated heterocycles. The zero-order valence-corrected chi connectivity index (χ0v) is 8.66. The maximum absolute atomic E-state index is 9.82. The highest BCUT2D eigenvalue weighted by Gasteiger charge is 2.11. The summed E-state index contributed by atoms with van der Waals surface area (Å²) >= 11 is 0. The van der Waals surface area contributed by atoms with E-state index in [-0.39, 0.29) is 0 Å². The summed E-state index contributed by atoms with van der Waals surface area (Å²) in [5, 5.41) is 12.9. The van der Waals surface area contributed by atoms with Crippen LogP contribution in [0.5, 0.6) is 5.75 Å². The predicted molar refractivity (Wildman–Crippen MR) is 56.5 cm³/mol. The maximum Gasteiger partial charge on any atom is 0.124 e. The van der Waals surface area contributed by atoms with Crippen molar-refractivity contribution in [3.05, 3.63) is 29.8 Å². The molecule has 2 N–H and O–H groups in total. The van der Waals surface area contributed by atoms with Gasteiger partial charge in [0.05, 0.1) is 13.2 Å². The van der Waals surface area contributed by atoms with Crippen LogP contribution in [0.3, 0.4) is 0 Å². The summed E-state index contributed by atoms with van der Waals surface area (Å²) in [6.45, 7) is 3.41. The van der Waals surface area contributed by atoms with Crippen molar-refractivity contribution in [1.82, 2.24) is 5.32 Å². The van der Waals surface area contributed by atoms with Gasteiger partial charge in [0.15, 0.2) is 0 Å². The van der Waals surface area contributed by atoms with Crippen molar-refractivity contribution >= 4 is 0 Å². The van der Waals surface area contributed by atoms with Gasteiger partial charge in [0.2, 0.25) is 0 Å². The van der Waals surface area contributed by atoms with Crippen molar-refractivity contribution in [2.75, 3.05) is 20.2 Å². The summed E-state index contributed by atoms with van der Waals surface area (Å²) in [5.41, 5.74) is 0.830. The topological polar surface area (TPSA) is 41.5 Å². The van der Waals surface area contributed by atoms with E-state index in [1.807, 2.05) is 31.2 Å². The smallest absolute Gasteiger partial charge is 0.124 e. The van der Waals surface area contributed by atoms with E-state index < -0.39 is 6.10 Å². The number of hydrogen-bond acceptors (Lipinski definition) is 3. The summed E-state index contributed by atoms with van der Waals surface area (Å²) in [4.78, 5) is 0. The third-order valence-electron chi connectivity index (χ3n) is 2.09. The second-order valence-corrected chi connectivity index (χ2v) is 3.07.